The van der Waals surface area contributed by atoms with Crippen LogP contribution in [-0.2, 0) is 4.79 Å². The molecule has 0 aliphatic carbocycles. The normalized spacial score (nSPS) is 11.3. The molecule has 0 aliphatic rings. The topological polar surface area (TPSA) is 97.0 Å². The molecule has 0 radical (unpaired) electrons. The molecule has 0 bridgehead atoms. The molecule has 140 valence electrons. The lowest BCUT2D eigenvalue weighted by Gasteiger charge is -2.15. The lowest BCUT2D eigenvalue weighted by molar-refractivity contribution is -0.119. The molecule has 1 amide bonds. The van der Waals surface area contributed by atoms with Crippen molar-refractivity contribution in [3.8, 4) is 23.1 Å². The highest BCUT2D eigenvalue weighted by Crippen LogP contribution is 2.21. The second kappa shape index (κ2) is 8.18. The smallest absolute Gasteiger partial charge is 0.267 e. The van der Waals surface area contributed by atoms with Crippen molar-refractivity contribution in [2.24, 2.45) is 0 Å². The average molecular weight is 374 g/mol. The molecular weight excluding hydrogens is 356 g/mol. The van der Waals surface area contributed by atoms with Crippen LogP contribution in [0.15, 0.2) is 65.5 Å². The summed E-state index contributed by atoms with van der Waals surface area (Å²) in [5, 5.41) is 16.0. The van der Waals surface area contributed by atoms with Gasteiger partial charge in [-0.2, -0.15) is 10.4 Å². The van der Waals surface area contributed by atoms with E-state index in [1.54, 1.807) is 50.4 Å². The third-order valence-electron chi connectivity index (χ3n) is 4.20. The molecule has 28 heavy (non-hydrogen) atoms. The highest BCUT2D eigenvalue weighted by Gasteiger charge is 2.18. The highest BCUT2D eigenvalue weighted by atomic mass is 16.5. The van der Waals surface area contributed by atoms with Gasteiger partial charge in [-0.25, -0.2) is 4.68 Å². The number of nitrogens with zero attached hydrogens (tertiary/aromatic N) is 3. The van der Waals surface area contributed by atoms with Crippen molar-refractivity contribution in [1.29, 1.82) is 5.26 Å². The molecule has 0 aliphatic heterocycles. The molecule has 1 unspecified atom stereocenters. The number of nitrogens with one attached hydrogen (secondary N) is 1. The summed E-state index contributed by atoms with van der Waals surface area (Å²) < 4.78 is 6.36. The SMILES string of the molecule is COc1cccc(-c2ccc(=O)n(C(C)C(=O)Nc3cccc(C#N)c3)n2)c1. The van der Waals surface area contributed by atoms with E-state index in [0.29, 0.717) is 22.7 Å². The zero-order chi connectivity index (χ0) is 20.1. The number of rotatable bonds is 5. The molecule has 1 aromatic heterocycles. The summed E-state index contributed by atoms with van der Waals surface area (Å²) in [6.07, 6.45) is 0. The van der Waals surface area contributed by atoms with Crippen LogP contribution in [0.3, 0.4) is 0 Å². The first-order valence-electron chi connectivity index (χ1n) is 8.57. The van der Waals surface area contributed by atoms with Crippen molar-refractivity contribution in [2.75, 3.05) is 12.4 Å². The molecular formula is C21H18N4O3. The Kier molecular flexibility index (Phi) is 5.51. The van der Waals surface area contributed by atoms with Gasteiger partial charge in [-0.1, -0.05) is 18.2 Å². The molecule has 2 aromatic carbocycles. The molecule has 1 atom stereocenters. The first kappa shape index (κ1) is 18.9. The zero-order valence-electron chi connectivity index (χ0n) is 15.4. The maximum absolute atomic E-state index is 12.6. The predicted octanol–water partition coefficient (Wildman–Crippen LogP) is 2.99. The van der Waals surface area contributed by atoms with E-state index in [0.717, 1.165) is 10.2 Å². The Bertz CT molecular complexity index is 1110. The molecule has 0 saturated carbocycles. The van der Waals surface area contributed by atoms with E-state index in [9.17, 15) is 9.59 Å². The first-order chi connectivity index (χ1) is 13.5. The van der Waals surface area contributed by atoms with E-state index < -0.39 is 11.9 Å². The van der Waals surface area contributed by atoms with E-state index in [-0.39, 0.29) is 5.56 Å². The summed E-state index contributed by atoms with van der Waals surface area (Å²) in [6, 6.07) is 18.0. The van der Waals surface area contributed by atoms with Crippen LogP contribution in [0.2, 0.25) is 0 Å². The monoisotopic (exact) mass is 374 g/mol. The second-order valence-electron chi connectivity index (χ2n) is 6.09. The van der Waals surface area contributed by atoms with Gasteiger partial charge >= 0.3 is 0 Å². The summed E-state index contributed by atoms with van der Waals surface area (Å²) >= 11 is 0. The van der Waals surface area contributed by atoms with Crippen LogP contribution in [-0.4, -0.2) is 22.8 Å². The summed E-state index contributed by atoms with van der Waals surface area (Å²) in [7, 11) is 1.57. The molecule has 3 aromatic rings. The van der Waals surface area contributed by atoms with Crippen LogP contribution in [0, 0.1) is 11.3 Å². The van der Waals surface area contributed by atoms with Crippen molar-refractivity contribution in [2.45, 2.75) is 13.0 Å². The molecule has 3 rings (SSSR count). The van der Waals surface area contributed by atoms with E-state index in [1.807, 2.05) is 24.3 Å². The van der Waals surface area contributed by atoms with Crippen LogP contribution < -0.4 is 15.6 Å². The van der Waals surface area contributed by atoms with E-state index in [4.69, 9.17) is 10.00 Å². The lowest BCUT2D eigenvalue weighted by Crippen LogP contribution is -2.33. The molecule has 1 heterocycles. The molecule has 0 fully saturated rings. The standard InChI is InChI=1S/C21H18N4O3/c1-14(21(27)23-17-7-3-5-15(11-17)13-22)25-20(26)10-9-19(24-25)16-6-4-8-18(12-16)28-2/h3-12,14H,1-2H3,(H,23,27). The second-order valence-corrected chi connectivity index (χ2v) is 6.09. The predicted molar refractivity (Wildman–Crippen MR) is 105 cm³/mol. The fourth-order valence-electron chi connectivity index (χ4n) is 2.66. The molecule has 1 N–H and O–H groups in total. The van der Waals surface area contributed by atoms with Crippen molar-refractivity contribution in [1.82, 2.24) is 9.78 Å². The largest absolute Gasteiger partial charge is 0.497 e. The van der Waals surface area contributed by atoms with Crippen molar-refractivity contribution in [3.63, 3.8) is 0 Å². The Morgan fingerprint density at radius 1 is 1.18 bits per heavy atom. The maximum atomic E-state index is 12.6. The number of benzene rings is 2. The third-order valence-corrected chi connectivity index (χ3v) is 4.20. The van der Waals surface area contributed by atoms with Crippen molar-refractivity contribution < 1.29 is 9.53 Å². The Morgan fingerprint density at radius 3 is 2.71 bits per heavy atom. The van der Waals surface area contributed by atoms with E-state index in [2.05, 4.69) is 10.4 Å². The van der Waals surface area contributed by atoms with Gasteiger partial charge in [0.05, 0.1) is 24.4 Å². The number of nitriles is 1. The first-order valence-corrected chi connectivity index (χ1v) is 8.57. The summed E-state index contributed by atoms with van der Waals surface area (Å²) in [6.45, 7) is 1.59. The number of carbonyl (C=O) groups excluding carboxylic acids is 1. The number of hydrogen-bond donors (Lipinski definition) is 1. The Labute approximate surface area is 161 Å². The van der Waals surface area contributed by atoms with Gasteiger partial charge in [-0.15, -0.1) is 0 Å². The molecule has 7 nitrogen and oxygen atoms in total. The maximum Gasteiger partial charge on any atom is 0.267 e. The minimum atomic E-state index is -0.844. The minimum absolute atomic E-state index is 0.389. The Hall–Kier alpha value is -3.92. The quantitative estimate of drug-likeness (QED) is 0.740. The number of methoxy groups -OCH3 is 1. The van der Waals surface area contributed by atoms with Gasteiger partial charge in [0.2, 0.25) is 5.91 Å². The van der Waals surface area contributed by atoms with Crippen LogP contribution in [0.4, 0.5) is 5.69 Å². The van der Waals surface area contributed by atoms with Gasteiger partial charge in [0.15, 0.2) is 0 Å². The summed E-state index contributed by atoms with van der Waals surface area (Å²) in [5.41, 5.74) is 1.83. The minimum Gasteiger partial charge on any atom is -0.497 e. The van der Waals surface area contributed by atoms with Crippen LogP contribution in [0.25, 0.3) is 11.3 Å². The van der Waals surface area contributed by atoms with Gasteiger partial charge in [-0.05, 0) is 43.3 Å². The number of amides is 1. The fourth-order valence-corrected chi connectivity index (χ4v) is 2.66. The lowest BCUT2D eigenvalue weighted by atomic mass is 10.1. The molecule has 0 spiro atoms. The number of hydrogen-bond acceptors (Lipinski definition) is 5. The van der Waals surface area contributed by atoms with Crippen LogP contribution in [0.5, 0.6) is 5.75 Å². The van der Waals surface area contributed by atoms with Gasteiger partial charge in [-0.3, -0.25) is 9.59 Å². The highest BCUT2D eigenvalue weighted by molar-refractivity contribution is 5.93. The van der Waals surface area contributed by atoms with Gasteiger partial charge in [0.25, 0.3) is 5.56 Å². The van der Waals surface area contributed by atoms with E-state index >= 15 is 0 Å². The van der Waals surface area contributed by atoms with Gasteiger partial charge in [0, 0.05) is 17.3 Å². The van der Waals surface area contributed by atoms with Crippen LogP contribution in [0.1, 0.15) is 18.5 Å². The fraction of sp³-hybridized carbons (Fsp3) is 0.143. The van der Waals surface area contributed by atoms with Gasteiger partial charge < -0.3 is 10.1 Å². The van der Waals surface area contributed by atoms with Crippen LogP contribution >= 0.6 is 0 Å². The number of ether oxygens (including phenoxy) is 1. The van der Waals surface area contributed by atoms with Crippen molar-refractivity contribution >= 4 is 11.6 Å². The van der Waals surface area contributed by atoms with E-state index in [1.165, 1.54) is 6.07 Å². The summed E-state index contributed by atoms with van der Waals surface area (Å²) in [4.78, 5) is 24.9. The number of anilines is 1. The third kappa shape index (κ3) is 4.07. The average Bonchev–Trinajstić information content (AvgIpc) is 2.73. The Morgan fingerprint density at radius 2 is 1.96 bits per heavy atom. The molecule has 0 saturated heterocycles. The van der Waals surface area contributed by atoms with Gasteiger partial charge in [0.1, 0.15) is 11.8 Å². The zero-order valence-corrected chi connectivity index (χ0v) is 15.4. The number of carbonyl (C=O) groups is 1. The van der Waals surface area contributed by atoms with Crippen molar-refractivity contribution in [3.05, 3.63) is 76.6 Å². The number of aromatic nitrogens is 2. The summed E-state index contributed by atoms with van der Waals surface area (Å²) in [5.74, 6) is 0.257. The molecule has 7 heteroatoms. The Balaban J connectivity index is 1.88.